The first kappa shape index (κ1) is 14.3. The minimum Gasteiger partial charge on any atom is -0.397 e. The van der Waals surface area contributed by atoms with Crippen LogP contribution in [0.1, 0.15) is 25.7 Å². The van der Waals surface area contributed by atoms with Crippen molar-refractivity contribution in [3.8, 4) is 0 Å². The zero-order valence-corrected chi connectivity index (χ0v) is 11.8. The van der Waals surface area contributed by atoms with E-state index in [2.05, 4.69) is 10.2 Å². The molecule has 2 atom stereocenters. The Hall–Kier alpha value is -1.66. The van der Waals surface area contributed by atoms with Crippen LogP contribution in [0.2, 0.25) is 0 Å². The highest BCUT2D eigenvalue weighted by atomic mass is 19.1. The van der Waals surface area contributed by atoms with Gasteiger partial charge in [0.2, 0.25) is 5.91 Å². The van der Waals surface area contributed by atoms with E-state index in [1.165, 1.54) is 18.2 Å². The van der Waals surface area contributed by atoms with Gasteiger partial charge in [0.05, 0.1) is 24.0 Å². The van der Waals surface area contributed by atoms with Gasteiger partial charge in [-0.1, -0.05) is 0 Å². The quantitative estimate of drug-likeness (QED) is 0.735. The van der Waals surface area contributed by atoms with Crippen LogP contribution in [0.4, 0.5) is 15.8 Å². The molecule has 2 fully saturated rings. The maximum Gasteiger partial charge on any atom is 0.238 e. The lowest BCUT2D eigenvalue weighted by molar-refractivity contribution is -0.119. The van der Waals surface area contributed by atoms with Crippen LogP contribution >= 0.6 is 0 Å². The Bertz CT molecular complexity index is 538. The number of piperidine rings is 1. The van der Waals surface area contributed by atoms with Gasteiger partial charge in [-0.2, -0.15) is 0 Å². The topological polar surface area (TPSA) is 78.6 Å². The summed E-state index contributed by atoms with van der Waals surface area (Å²) < 4.78 is 13.0. The van der Waals surface area contributed by atoms with E-state index in [4.69, 9.17) is 5.73 Å². The summed E-state index contributed by atoms with van der Waals surface area (Å²) in [5.74, 6) is -0.574. The summed E-state index contributed by atoms with van der Waals surface area (Å²) in [5.41, 5.74) is 6.35. The fraction of sp³-hybridized carbons (Fsp3) is 0.533. The van der Waals surface area contributed by atoms with Crippen LogP contribution in [0.5, 0.6) is 0 Å². The van der Waals surface area contributed by atoms with Gasteiger partial charge in [-0.05, 0) is 43.9 Å². The Balaban J connectivity index is 1.62. The number of hydrogen-bond donors (Lipinski definition) is 3. The van der Waals surface area contributed by atoms with E-state index >= 15 is 0 Å². The number of fused-ring (bicyclic) bond motifs is 2. The highest BCUT2D eigenvalue weighted by molar-refractivity contribution is 5.95. The zero-order chi connectivity index (χ0) is 15.0. The van der Waals surface area contributed by atoms with E-state index in [1.807, 2.05) is 0 Å². The highest BCUT2D eigenvalue weighted by Gasteiger charge is 2.40. The molecule has 0 aromatic heterocycles. The number of halogens is 1. The van der Waals surface area contributed by atoms with E-state index < -0.39 is 5.82 Å². The van der Waals surface area contributed by atoms with Crippen molar-refractivity contribution in [3.05, 3.63) is 24.0 Å². The monoisotopic (exact) mass is 293 g/mol. The molecule has 2 aliphatic heterocycles. The largest absolute Gasteiger partial charge is 0.397 e. The Kier molecular flexibility index (Phi) is 3.82. The molecule has 0 spiro atoms. The van der Waals surface area contributed by atoms with Crippen molar-refractivity contribution in [2.45, 2.75) is 43.9 Å². The van der Waals surface area contributed by atoms with Crippen molar-refractivity contribution in [1.82, 2.24) is 4.90 Å². The van der Waals surface area contributed by atoms with Crippen molar-refractivity contribution in [2.75, 3.05) is 17.6 Å². The molecule has 114 valence electrons. The van der Waals surface area contributed by atoms with Crippen LogP contribution in [0.15, 0.2) is 18.2 Å². The Morgan fingerprint density at radius 2 is 2.05 bits per heavy atom. The highest BCUT2D eigenvalue weighted by Crippen LogP contribution is 2.35. The molecule has 5 nitrogen and oxygen atoms in total. The van der Waals surface area contributed by atoms with Gasteiger partial charge in [-0.15, -0.1) is 0 Å². The number of hydrogen-bond acceptors (Lipinski definition) is 4. The van der Waals surface area contributed by atoms with Crippen molar-refractivity contribution in [1.29, 1.82) is 0 Å². The molecule has 1 aromatic carbocycles. The molecule has 3 rings (SSSR count). The number of rotatable bonds is 3. The summed E-state index contributed by atoms with van der Waals surface area (Å²) >= 11 is 0. The first-order chi connectivity index (χ1) is 10.0. The summed E-state index contributed by atoms with van der Waals surface area (Å²) in [4.78, 5) is 14.3. The van der Waals surface area contributed by atoms with Crippen molar-refractivity contribution in [2.24, 2.45) is 0 Å². The predicted octanol–water partition coefficient (Wildman–Crippen LogP) is 1.33. The molecule has 4 N–H and O–H groups in total. The molecule has 1 amide bonds. The lowest BCUT2D eigenvalue weighted by Crippen LogP contribution is -2.47. The van der Waals surface area contributed by atoms with Gasteiger partial charge in [-0.25, -0.2) is 4.39 Å². The van der Waals surface area contributed by atoms with Crippen molar-refractivity contribution >= 4 is 17.3 Å². The van der Waals surface area contributed by atoms with Gasteiger partial charge in [0.25, 0.3) is 0 Å². The van der Waals surface area contributed by atoms with Gasteiger partial charge < -0.3 is 16.2 Å². The lowest BCUT2D eigenvalue weighted by atomic mass is 10.00. The first-order valence-electron chi connectivity index (χ1n) is 7.31. The van der Waals surface area contributed by atoms with Gasteiger partial charge in [0.15, 0.2) is 0 Å². The minimum atomic E-state index is -0.423. The normalized spacial score (nSPS) is 28.6. The third kappa shape index (κ3) is 3.01. The lowest BCUT2D eigenvalue weighted by Gasteiger charge is -2.36. The van der Waals surface area contributed by atoms with E-state index in [-0.39, 0.29) is 29.8 Å². The minimum absolute atomic E-state index is 0.151. The Labute approximate surface area is 122 Å². The molecule has 2 aliphatic rings. The number of nitrogens with one attached hydrogen (secondary N) is 1. The van der Waals surface area contributed by atoms with Crippen molar-refractivity contribution < 1.29 is 14.3 Å². The number of aliphatic hydroxyl groups excluding tert-OH is 1. The van der Waals surface area contributed by atoms with Crippen LogP contribution in [-0.4, -0.2) is 40.6 Å². The smallest absolute Gasteiger partial charge is 0.238 e. The average molecular weight is 293 g/mol. The second-order valence-electron chi connectivity index (χ2n) is 5.96. The van der Waals surface area contributed by atoms with Gasteiger partial charge in [0, 0.05) is 12.1 Å². The number of benzene rings is 1. The van der Waals surface area contributed by atoms with E-state index in [1.54, 1.807) is 0 Å². The van der Waals surface area contributed by atoms with E-state index in [0.717, 1.165) is 25.7 Å². The van der Waals surface area contributed by atoms with Crippen molar-refractivity contribution in [3.63, 3.8) is 0 Å². The SMILES string of the molecule is Nc1cc(F)ccc1NC(=O)CN1C2CCC1CC(O)C2. The number of nitrogens with zero attached hydrogens (tertiary/aromatic N) is 1. The fourth-order valence-corrected chi connectivity index (χ4v) is 3.51. The van der Waals surface area contributed by atoms with E-state index in [0.29, 0.717) is 12.2 Å². The number of carbonyl (C=O) groups excluding carboxylic acids is 1. The molecule has 6 heteroatoms. The van der Waals surface area contributed by atoms with Crippen LogP contribution in [0.3, 0.4) is 0 Å². The summed E-state index contributed by atoms with van der Waals surface area (Å²) in [6, 6.07) is 4.51. The molecule has 2 saturated heterocycles. The predicted molar refractivity (Wildman–Crippen MR) is 78.2 cm³/mol. The second kappa shape index (κ2) is 5.61. The average Bonchev–Trinajstić information content (AvgIpc) is 2.66. The van der Waals surface area contributed by atoms with Gasteiger partial charge >= 0.3 is 0 Å². The molecule has 0 saturated carbocycles. The molecule has 0 radical (unpaired) electrons. The Morgan fingerprint density at radius 1 is 1.38 bits per heavy atom. The molecule has 2 unspecified atom stereocenters. The number of aliphatic hydroxyl groups is 1. The number of anilines is 2. The van der Waals surface area contributed by atoms with Gasteiger partial charge in [0.1, 0.15) is 5.82 Å². The van der Waals surface area contributed by atoms with Crippen LogP contribution in [-0.2, 0) is 4.79 Å². The third-order valence-corrected chi connectivity index (χ3v) is 4.47. The third-order valence-electron chi connectivity index (χ3n) is 4.47. The Morgan fingerprint density at radius 3 is 2.67 bits per heavy atom. The van der Waals surface area contributed by atoms with Crippen LogP contribution in [0, 0.1) is 5.82 Å². The number of nitrogen functional groups attached to an aromatic ring is 1. The molecule has 2 heterocycles. The zero-order valence-electron chi connectivity index (χ0n) is 11.8. The maximum absolute atomic E-state index is 13.0. The molecule has 21 heavy (non-hydrogen) atoms. The molecular weight excluding hydrogens is 273 g/mol. The molecular formula is C15H20FN3O2. The number of amides is 1. The summed E-state index contributed by atoms with van der Waals surface area (Å²) in [6.07, 6.45) is 3.31. The molecule has 0 aliphatic carbocycles. The second-order valence-corrected chi connectivity index (χ2v) is 5.96. The molecule has 1 aromatic rings. The number of carbonyl (C=O) groups is 1. The molecule has 2 bridgehead atoms. The summed E-state index contributed by atoms with van der Waals surface area (Å²) in [6.45, 7) is 0.291. The summed E-state index contributed by atoms with van der Waals surface area (Å²) in [5, 5.41) is 12.5. The van der Waals surface area contributed by atoms with E-state index in [9.17, 15) is 14.3 Å². The first-order valence-corrected chi connectivity index (χ1v) is 7.31. The number of nitrogens with two attached hydrogens (primary N) is 1. The standard InChI is InChI=1S/C15H20FN3O2/c16-9-1-4-14(13(17)5-9)18-15(21)8-19-10-2-3-11(19)7-12(20)6-10/h1,4-5,10-12,20H,2-3,6-8,17H2,(H,18,21). The van der Waals surface area contributed by atoms with Gasteiger partial charge in [-0.3, -0.25) is 9.69 Å². The fourth-order valence-electron chi connectivity index (χ4n) is 3.51. The summed E-state index contributed by atoms with van der Waals surface area (Å²) in [7, 11) is 0. The van der Waals surface area contributed by atoms with Crippen LogP contribution < -0.4 is 11.1 Å². The van der Waals surface area contributed by atoms with Crippen LogP contribution in [0.25, 0.3) is 0 Å². The maximum atomic E-state index is 13.0.